The summed E-state index contributed by atoms with van der Waals surface area (Å²) in [5.74, 6) is 1.57. The summed E-state index contributed by atoms with van der Waals surface area (Å²) in [5.41, 5.74) is 3.34. The van der Waals surface area contributed by atoms with Crippen molar-refractivity contribution in [1.82, 2.24) is 29.6 Å². The summed E-state index contributed by atoms with van der Waals surface area (Å²) in [4.78, 5) is 0.880. The number of nitrogens with zero attached hydrogens (tertiary/aromatic N) is 6. The summed E-state index contributed by atoms with van der Waals surface area (Å²) in [6.07, 6.45) is 2.42. The molecule has 1 aliphatic rings. The molecule has 0 unspecified atom stereocenters. The highest BCUT2D eigenvalue weighted by Crippen LogP contribution is 2.40. The van der Waals surface area contributed by atoms with Crippen LogP contribution in [-0.2, 0) is 6.54 Å². The second-order valence-corrected chi connectivity index (χ2v) is 6.25. The van der Waals surface area contributed by atoms with E-state index in [2.05, 4.69) is 29.1 Å². The van der Waals surface area contributed by atoms with Crippen molar-refractivity contribution in [3.8, 4) is 10.6 Å². The molecule has 3 aromatic rings. The van der Waals surface area contributed by atoms with Crippen molar-refractivity contribution in [1.29, 1.82) is 0 Å². The maximum absolute atomic E-state index is 4.73. The molecule has 3 aromatic heterocycles. The summed E-state index contributed by atoms with van der Waals surface area (Å²) in [5, 5.41) is 18.8. The maximum Gasteiger partial charge on any atom is 0.234 e. The van der Waals surface area contributed by atoms with Gasteiger partial charge >= 0.3 is 0 Å². The van der Waals surface area contributed by atoms with Crippen LogP contribution in [0, 0.1) is 13.8 Å². The minimum atomic E-state index is 0.556. The lowest BCUT2D eigenvalue weighted by Gasteiger charge is -1.99. The zero-order chi connectivity index (χ0) is 13.9. The minimum Gasteiger partial charge on any atom is -0.269 e. The summed E-state index contributed by atoms with van der Waals surface area (Å²) in [6, 6.07) is 0. The Balaban J connectivity index is 1.88. The van der Waals surface area contributed by atoms with Crippen molar-refractivity contribution in [3.05, 3.63) is 17.2 Å². The lowest BCUT2D eigenvalue weighted by molar-refractivity contribution is 0.634. The third-order valence-corrected chi connectivity index (χ3v) is 4.77. The highest BCUT2D eigenvalue weighted by molar-refractivity contribution is 7.19. The lowest BCUT2D eigenvalue weighted by Crippen LogP contribution is -1.98. The van der Waals surface area contributed by atoms with Gasteiger partial charge in [0.2, 0.25) is 4.96 Å². The highest BCUT2D eigenvalue weighted by Gasteiger charge is 2.30. The van der Waals surface area contributed by atoms with Crippen LogP contribution in [0.4, 0.5) is 0 Å². The molecule has 4 rings (SSSR count). The van der Waals surface area contributed by atoms with E-state index in [0.717, 1.165) is 33.6 Å². The van der Waals surface area contributed by atoms with Gasteiger partial charge in [-0.05, 0) is 33.6 Å². The van der Waals surface area contributed by atoms with Gasteiger partial charge in [-0.25, -0.2) is 0 Å². The van der Waals surface area contributed by atoms with Gasteiger partial charge in [-0.2, -0.15) is 14.7 Å². The Hall–Kier alpha value is -1.76. The Bertz CT molecular complexity index is 791. The van der Waals surface area contributed by atoms with Gasteiger partial charge < -0.3 is 0 Å². The smallest absolute Gasteiger partial charge is 0.234 e. The quantitative estimate of drug-likeness (QED) is 0.743. The molecule has 0 aliphatic heterocycles. The number of fused-ring (bicyclic) bond motifs is 1. The van der Waals surface area contributed by atoms with E-state index in [4.69, 9.17) is 5.10 Å². The molecule has 1 fully saturated rings. The minimum absolute atomic E-state index is 0.556. The van der Waals surface area contributed by atoms with Crippen LogP contribution in [-0.4, -0.2) is 29.6 Å². The number of hydrogen-bond donors (Lipinski definition) is 0. The van der Waals surface area contributed by atoms with Crippen molar-refractivity contribution in [2.75, 3.05) is 0 Å². The second-order valence-electron chi connectivity index (χ2n) is 5.30. The van der Waals surface area contributed by atoms with Gasteiger partial charge in [-0.15, -0.1) is 10.2 Å². The molecular weight excluding hydrogens is 272 g/mol. The maximum atomic E-state index is 4.73. The fraction of sp³-hybridized carbons (Fsp3) is 0.538. The molecule has 1 saturated carbocycles. The van der Waals surface area contributed by atoms with Gasteiger partial charge in [0.05, 0.1) is 11.3 Å². The number of hydrogen-bond acceptors (Lipinski definition) is 5. The molecule has 3 heterocycles. The lowest BCUT2D eigenvalue weighted by atomic mass is 10.2. The van der Waals surface area contributed by atoms with E-state index >= 15 is 0 Å². The topological polar surface area (TPSA) is 60.9 Å². The summed E-state index contributed by atoms with van der Waals surface area (Å²) < 4.78 is 3.94. The largest absolute Gasteiger partial charge is 0.269 e. The van der Waals surface area contributed by atoms with Gasteiger partial charge in [0.25, 0.3) is 0 Å². The van der Waals surface area contributed by atoms with Crippen molar-refractivity contribution < 1.29 is 0 Å². The molecule has 0 amide bonds. The molecule has 0 saturated heterocycles. The van der Waals surface area contributed by atoms with E-state index in [9.17, 15) is 0 Å². The van der Waals surface area contributed by atoms with Crippen molar-refractivity contribution >= 4 is 16.3 Å². The van der Waals surface area contributed by atoms with Gasteiger partial charge in [0.1, 0.15) is 0 Å². The van der Waals surface area contributed by atoms with Crippen LogP contribution in [0.1, 0.15) is 42.9 Å². The average Bonchev–Trinajstić information content (AvgIpc) is 2.96. The molecule has 1 aliphatic carbocycles. The first kappa shape index (κ1) is 12.0. The van der Waals surface area contributed by atoms with Crippen molar-refractivity contribution in [2.24, 2.45) is 0 Å². The molecule has 0 aromatic carbocycles. The van der Waals surface area contributed by atoms with Crippen LogP contribution >= 0.6 is 11.3 Å². The zero-order valence-electron chi connectivity index (χ0n) is 11.8. The Labute approximate surface area is 120 Å². The average molecular weight is 288 g/mol. The van der Waals surface area contributed by atoms with Crippen LogP contribution in [0.15, 0.2) is 0 Å². The van der Waals surface area contributed by atoms with Crippen molar-refractivity contribution in [3.63, 3.8) is 0 Å². The van der Waals surface area contributed by atoms with Crippen LogP contribution in [0.2, 0.25) is 0 Å². The molecule has 104 valence electrons. The molecule has 0 N–H and O–H groups in total. The Morgan fingerprint density at radius 1 is 1.20 bits per heavy atom. The Morgan fingerprint density at radius 3 is 2.65 bits per heavy atom. The third-order valence-electron chi connectivity index (χ3n) is 3.85. The first-order valence-electron chi connectivity index (χ1n) is 6.95. The summed E-state index contributed by atoms with van der Waals surface area (Å²) in [7, 11) is 0. The van der Waals surface area contributed by atoms with Crippen LogP contribution in [0.3, 0.4) is 0 Å². The molecular formula is C13H16N6S. The van der Waals surface area contributed by atoms with E-state index < -0.39 is 0 Å². The fourth-order valence-corrected chi connectivity index (χ4v) is 3.64. The van der Waals surface area contributed by atoms with Crippen LogP contribution in [0.25, 0.3) is 15.5 Å². The van der Waals surface area contributed by atoms with Crippen LogP contribution < -0.4 is 0 Å². The molecule has 0 bridgehead atoms. The van der Waals surface area contributed by atoms with E-state index in [1.54, 1.807) is 11.3 Å². The summed E-state index contributed by atoms with van der Waals surface area (Å²) >= 11 is 1.59. The first-order valence-corrected chi connectivity index (χ1v) is 7.77. The predicted molar refractivity (Wildman–Crippen MR) is 77.0 cm³/mol. The van der Waals surface area contributed by atoms with Gasteiger partial charge in [0.15, 0.2) is 10.8 Å². The third kappa shape index (κ3) is 1.62. The van der Waals surface area contributed by atoms with E-state index in [0.29, 0.717) is 5.92 Å². The molecule has 0 atom stereocenters. The van der Waals surface area contributed by atoms with Crippen LogP contribution in [0.5, 0.6) is 0 Å². The van der Waals surface area contributed by atoms with Gasteiger partial charge in [-0.1, -0.05) is 11.3 Å². The fourth-order valence-electron chi connectivity index (χ4n) is 2.64. The summed E-state index contributed by atoms with van der Waals surface area (Å²) in [6.45, 7) is 7.12. The second kappa shape index (κ2) is 4.12. The predicted octanol–water partition coefficient (Wildman–Crippen LogP) is 2.56. The zero-order valence-corrected chi connectivity index (χ0v) is 12.6. The van der Waals surface area contributed by atoms with E-state index in [-0.39, 0.29) is 0 Å². The SMILES string of the molecule is CCn1nc(C)c(-c2nn3c(C4CC4)nnc3s2)c1C. The van der Waals surface area contributed by atoms with Crippen molar-refractivity contribution in [2.45, 2.75) is 46.1 Å². The number of rotatable bonds is 3. The molecule has 6 nitrogen and oxygen atoms in total. The molecule has 20 heavy (non-hydrogen) atoms. The van der Waals surface area contributed by atoms with E-state index in [1.807, 2.05) is 16.1 Å². The van der Waals surface area contributed by atoms with Gasteiger partial charge in [0, 0.05) is 18.2 Å². The number of aromatic nitrogens is 6. The normalized spacial score (nSPS) is 15.3. The molecule has 0 radical (unpaired) electrons. The standard InChI is InChI=1S/C13H16N6S/c1-4-18-8(3)10(7(2)16-18)12-17-19-11(9-5-6-9)14-15-13(19)20-12/h9H,4-6H2,1-3H3. The first-order chi connectivity index (χ1) is 9.69. The monoisotopic (exact) mass is 288 g/mol. The Morgan fingerprint density at radius 2 is 2.00 bits per heavy atom. The van der Waals surface area contributed by atoms with Gasteiger partial charge in [-0.3, -0.25) is 4.68 Å². The van der Waals surface area contributed by atoms with E-state index in [1.165, 1.54) is 18.5 Å². The Kier molecular flexibility index (Phi) is 2.47. The number of aryl methyl sites for hydroxylation is 2. The highest BCUT2D eigenvalue weighted by atomic mass is 32.1. The molecule has 7 heteroatoms. The molecule has 0 spiro atoms.